The molecule has 0 aliphatic rings. The Morgan fingerprint density at radius 2 is 2.12 bits per heavy atom. The highest BCUT2D eigenvalue weighted by Crippen LogP contribution is 2.16. The number of carbonyl (C=O) groups is 1. The van der Waals surface area contributed by atoms with E-state index >= 15 is 0 Å². The molecule has 1 N–H and O–H groups in total. The predicted octanol–water partition coefficient (Wildman–Crippen LogP) is 2.27. The first kappa shape index (κ1) is 13.7. The van der Waals surface area contributed by atoms with Crippen molar-refractivity contribution in [1.82, 2.24) is 0 Å². The van der Waals surface area contributed by atoms with E-state index in [0.29, 0.717) is 5.56 Å². The van der Waals surface area contributed by atoms with Gasteiger partial charge in [-0.3, -0.25) is 0 Å². The lowest BCUT2D eigenvalue weighted by Crippen LogP contribution is -2.25. The van der Waals surface area contributed by atoms with Crippen LogP contribution in [0.3, 0.4) is 0 Å². The molecule has 0 fully saturated rings. The Morgan fingerprint density at radius 1 is 1.47 bits per heavy atom. The standard InChI is InChI=1S/C12H15NO3S/c1-12(2,3)17(16)13-8-9-5-4-6-10(7-9)11(14)15/h4-8H,1-3H3,(H,14,15). The molecule has 92 valence electrons. The van der Waals surface area contributed by atoms with Crippen molar-refractivity contribution in [2.24, 2.45) is 4.40 Å². The van der Waals surface area contributed by atoms with Gasteiger partial charge in [0.1, 0.15) is 16.1 Å². The summed E-state index contributed by atoms with van der Waals surface area (Å²) in [4.78, 5) is 10.7. The molecule has 0 radical (unpaired) electrons. The van der Waals surface area contributed by atoms with E-state index in [4.69, 9.17) is 5.11 Å². The molecular formula is C12H15NO3S. The number of nitrogens with zero attached hydrogens (tertiary/aromatic N) is 1. The largest absolute Gasteiger partial charge is 0.591 e. The SMILES string of the molecule is CC(C)(C)[S+]([O-])N=Cc1cccc(C(=O)O)c1. The van der Waals surface area contributed by atoms with Gasteiger partial charge in [-0.2, -0.15) is 0 Å². The molecule has 0 bridgehead atoms. The van der Waals surface area contributed by atoms with Crippen LogP contribution >= 0.6 is 0 Å². The van der Waals surface area contributed by atoms with Crippen molar-refractivity contribution in [3.05, 3.63) is 35.4 Å². The third-order valence-electron chi connectivity index (χ3n) is 1.95. The Bertz CT molecular complexity index is 438. The Balaban J connectivity index is 2.85. The molecule has 0 aliphatic heterocycles. The number of aromatic carboxylic acids is 1. The molecule has 1 aromatic rings. The Kier molecular flexibility index (Phi) is 4.31. The lowest BCUT2D eigenvalue weighted by atomic mass is 10.1. The van der Waals surface area contributed by atoms with Crippen LogP contribution in [0.4, 0.5) is 0 Å². The zero-order chi connectivity index (χ0) is 13.1. The molecule has 0 aliphatic carbocycles. The number of hydrogen-bond donors (Lipinski definition) is 1. The number of carboxylic acid groups (broad SMARTS) is 1. The van der Waals surface area contributed by atoms with Gasteiger partial charge in [0.25, 0.3) is 0 Å². The summed E-state index contributed by atoms with van der Waals surface area (Å²) in [6.45, 7) is 5.48. The predicted molar refractivity (Wildman–Crippen MR) is 68.9 cm³/mol. The van der Waals surface area contributed by atoms with Gasteiger partial charge in [-0.1, -0.05) is 16.5 Å². The number of carboxylic acids is 1. The van der Waals surface area contributed by atoms with E-state index in [2.05, 4.69) is 4.40 Å². The first-order valence-corrected chi connectivity index (χ1v) is 6.21. The average molecular weight is 253 g/mol. The van der Waals surface area contributed by atoms with E-state index in [-0.39, 0.29) is 5.56 Å². The lowest BCUT2D eigenvalue weighted by Gasteiger charge is -2.17. The molecule has 4 nitrogen and oxygen atoms in total. The van der Waals surface area contributed by atoms with Crippen molar-refractivity contribution in [3.8, 4) is 0 Å². The summed E-state index contributed by atoms with van der Waals surface area (Å²) in [5.41, 5.74) is 0.818. The quantitative estimate of drug-likeness (QED) is 0.663. The fourth-order valence-electron chi connectivity index (χ4n) is 1.02. The molecule has 0 amide bonds. The summed E-state index contributed by atoms with van der Waals surface area (Å²) in [5.74, 6) is -0.989. The van der Waals surface area contributed by atoms with E-state index < -0.39 is 22.1 Å². The smallest absolute Gasteiger partial charge is 0.335 e. The highest BCUT2D eigenvalue weighted by atomic mass is 32.2. The van der Waals surface area contributed by atoms with Crippen molar-refractivity contribution < 1.29 is 14.5 Å². The number of hydrogen-bond acceptors (Lipinski definition) is 3. The monoisotopic (exact) mass is 253 g/mol. The van der Waals surface area contributed by atoms with Crippen molar-refractivity contribution in [1.29, 1.82) is 0 Å². The molecule has 1 unspecified atom stereocenters. The van der Waals surface area contributed by atoms with Gasteiger partial charge in [-0.15, -0.1) is 0 Å². The first-order chi connectivity index (χ1) is 7.80. The second kappa shape index (κ2) is 5.33. The molecule has 1 rings (SSSR count). The molecule has 5 heteroatoms. The van der Waals surface area contributed by atoms with Crippen LogP contribution in [0.15, 0.2) is 28.7 Å². The number of rotatable bonds is 3. The maximum absolute atomic E-state index is 11.7. The highest BCUT2D eigenvalue weighted by molar-refractivity contribution is 7.91. The van der Waals surface area contributed by atoms with E-state index in [1.165, 1.54) is 18.3 Å². The van der Waals surface area contributed by atoms with Crippen LogP contribution in [0.1, 0.15) is 36.7 Å². The summed E-state index contributed by atoms with van der Waals surface area (Å²) in [5, 5.41) is 8.81. The van der Waals surface area contributed by atoms with Crippen LogP contribution in [-0.2, 0) is 11.4 Å². The summed E-state index contributed by atoms with van der Waals surface area (Å²) >= 11 is -1.33. The molecule has 0 aromatic heterocycles. The van der Waals surface area contributed by atoms with Crippen molar-refractivity contribution in [3.63, 3.8) is 0 Å². The van der Waals surface area contributed by atoms with Gasteiger partial charge in [0, 0.05) is 0 Å². The second-order valence-electron chi connectivity index (χ2n) is 4.53. The maximum atomic E-state index is 11.7. The van der Waals surface area contributed by atoms with Gasteiger partial charge >= 0.3 is 5.97 Å². The maximum Gasteiger partial charge on any atom is 0.335 e. The van der Waals surface area contributed by atoms with Crippen LogP contribution in [-0.4, -0.2) is 26.6 Å². The molecular weight excluding hydrogens is 238 g/mol. The van der Waals surface area contributed by atoms with E-state index in [1.54, 1.807) is 12.1 Å². The topological polar surface area (TPSA) is 72.7 Å². The van der Waals surface area contributed by atoms with Crippen molar-refractivity contribution in [2.75, 3.05) is 0 Å². The summed E-state index contributed by atoms with van der Waals surface area (Å²) in [6.07, 6.45) is 1.44. The molecule has 0 saturated carbocycles. The van der Waals surface area contributed by atoms with Crippen molar-refractivity contribution >= 4 is 23.5 Å². The molecule has 1 aromatic carbocycles. The van der Waals surface area contributed by atoms with Gasteiger partial charge in [-0.05, 0) is 38.5 Å². The minimum absolute atomic E-state index is 0.190. The summed E-state index contributed by atoms with van der Waals surface area (Å²) in [7, 11) is 0. The van der Waals surface area contributed by atoms with Crippen LogP contribution in [0.25, 0.3) is 0 Å². The van der Waals surface area contributed by atoms with Crippen LogP contribution in [0.5, 0.6) is 0 Å². The second-order valence-corrected chi connectivity index (χ2v) is 6.46. The number of benzene rings is 1. The van der Waals surface area contributed by atoms with E-state index in [0.717, 1.165) is 0 Å². The third-order valence-corrected chi connectivity index (χ3v) is 3.30. The van der Waals surface area contributed by atoms with Crippen LogP contribution < -0.4 is 0 Å². The minimum atomic E-state index is -1.33. The van der Waals surface area contributed by atoms with E-state index in [9.17, 15) is 9.35 Å². The van der Waals surface area contributed by atoms with Crippen LogP contribution in [0.2, 0.25) is 0 Å². The highest BCUT2D eigenvalue weighted by Gasteiger charge is 2.25. The van der Waals surface area contributed by atoms with Gasteiger partial charge in [0.15, 0.2) is 0 Å². The summed E-state index contributed by atoms with van der Waals surface area (Å²) in [6, 6.07) is 6.34. The van der Waals surface area contributed by atoms with E-state index in [1.807, 2.05) is 20.8 Å². The average Bonchev–Trinajstić information content (AvgIpc) is 2.25. The minimum Gasteiger partial charge on any atom is -0.591 e. The third kappa shape index (κ3) is 4.20. The Morgan fingerprint density at radius 3 is 2.65 bits per heavy atom. The van der Waals surface area contributed by atoms with Gasteiger partial charge in [0.2, 0.25) is 0 Å². The fourth-order valence-corrected chi connectivity index (χ4v) is 1.55. The Labute approximate surface area is 104 Å². The normalized spacial score (nSPS) is 13.9. The first-order valence-electron chi connectivity index (χ1n) is 5.10. The Hall–Kier alpha value is -1.33. The van der Waals surface area contributed by atoms with Crippen LogP contribution in [0, 0.1) is 0 Å². The van der Waals surface area contributed by atoms with Crippen molar-refractivity contribution in [2.45, 2.75) is 25.5 Å². The molecule has 0 heterocycles. The molecule has 17 heavy (non-hydrogen) atoms. The zero-order valence-electron chi connectivity index (χ0n) is 10.0. The lowest BCUT2D eigenvalue weighted by molar-refractivity contribution is 0.0697. The molecule has 0 saturated heterocycles. The van der Waals surface area contributed by atoms with Gasteiger partial charge in [-0.25, -0.2) is 4.79 Å². The molecule has 0 spiro atoms. The zero-order valence-corrected chi connectivity index (χ0v) is 10.8. The summed E-state index contributed by atoms with van der Waals surface area (Å²) < 4.78 is 15.2. The fraction of sp³-hybridized carbons (Fsp3) is 0.333. The van der Waals surface area contributed by atoms with Gasteiger partial charge < -0.3 is 9.66 Å². The molecule has 1 atom stereocenters. The van der Waals surface area contributed by atoms with Gasteiger partial charge in [0.05, 0.1) is 11.8 Å².